The minimum Gasteiger partial charge on any atom is -0.427 e. The van der Waals surface area contributed by atoms with Gasteiger partial charge in [0.25, 0.3) is 0 Å². The summed E-state index contributed by atoms with van der Waals surface area (Å²) in [5, 5.41) is 0. The van der Waals surface area contributed by atoms with Gasteiger partial charge in [0.1, 0.15) is 28.7 Å². The zero-order valence-electron chi connectivity index (χ0n) is 35.2. The standard InChI is InChI=1S/C51H48O10/c1-7-42(52)57-37-22-12-32(13-23-37)47-48(33-14-24-38(25-15-33)58-43(53)8-2)50(35-18-28-40(29-19-35)60-45(55)10-4)51(6,36-20-30-41(31-21-36)61-46(56)11-5)49(47)34-16-26-39(27-17-34)59-44(54)9-3/h12-31H,7-11H2,1-6H3. The summed E-state index contributed by atoms with van der Waals surface area (Å²) in [4.78, 5) is 61.6. The second-order valence-corrected chi connectivity index (χ2v) is 14.4. The zero-order chi connectivity index (χ0) is 43.7. The van der Waals surface area contributed by atoms with Crippen molar-refractivity contribution in [2.45, 2.75) is 79.1 Å². The molecule has 0 unspecified atom stereocenters. The van der Waals surface area contributed by atoms with Crippen molar-refractivity contribution >= 4 is 52.1 Å². The second kappa shape index (κ2) is 19.3. The van der Waals surface area contributed by atoms with Crippen molar-refractivity contribution in [2.75, 3.05) is 0 Å². The molecule has 0 bridgehead atoms. The SMILES string of the molecule is CCC(=O)Oc1ccc(C2=C(c3ccc(OC(=O)CC)cc3)C(C)(c3ccc(OC(=O)CC)cc3)C(c3ccc(OC(=O)CC)cc3)=C2c2ccc(OC(=O)CC)cc2)cc1. The maximum atomic E-state index is 12.3. The third-order valence-electron chi connectivity index (χ3n) is 10.4. The summed E-state index contributed by atoms with van der Waals surface area (Å²) in [6.07, 6.45) is 1.07. The molecule has 0 atom stereocenters. The highest BCUT2D eigenvalue weighted by molar-refractivity contribution is 6.31. The van der Waals surface area contributed by atoms with E-state index in [4.69, 9.17) is 23.7 Å². The summed E-state index contributed by atoms with van der Waals surface area (Å²) in [7, 11) is 0. The molecule has 0 spiro atoms. The Kier molecular flexibility index (Phi) is 13.8. The first-order chi connectivity index (χ1) is 29.4. The number of allylic oxidation sites excluding steroid dienone is 4. The average molecular weight is 821 g/mol. The lowest BCUT2D eigenvalue weighted by atomic mass is 9.68. The normalized spacial score (nSPS) is 13.1. The van der Waals surface area contributed by atoms with Gasteiger partial charge in [0, 0.05) is 37.5 Å². The fraction of sp³-hybridized carbons (Fsp3) is 0.235. The van der Waals surface area contributed by atoms with Gasteiger partial charge in [-0.1, -0.05) is 95.3 Å². The number of esters is 5. The molecule has 1 aliphatic carbocycles. The summed E-state index contributed by atoms with van der Waals surface area (Å²) in [6.45, 7) is 10.8. The third-order valence-corrected chi connectivity index (χ3v) is 10.4. The van der Waals surface area contributed by atoms with Gasteiger partial charge in [-0.2, -0.15) is 0 Å². The van der Waals surface area contributed by atoms with Crippen LogP contribution in [-0.2, 0) is 29.4 Å². The van der Waals surface area contributed by atoms with E-state index in [1.807, 2.05) is 60.7 Å². The maximum Gasteiger partial charge on any atom is 0.310 e. The number of hydrogen-bond donors (Lipinski definition) is 0. The molecule has 0 amide bonds. The van der Waals surface area contributed by atoms with Gasteiger partial charge in [-0.15, -0.1) is 0 Å². The first-order valence-corrected chi connectivity index (χ1v) is 20.5. The lowest BCUT2D eigenvalue weighted by Gasteiger charge is -2.34. The van der Waals surface area contributed by atoms with Crippen LogP contribution < -0.4 is 23.7 Å². The van der Waals surface area contributed by atoms with E-state index in [1.165, 1.54) is 0 Å². The molecule has 0 saturated carbocycles. The molecule has 0 saturated heterocycles. The molecule has 61 heavy (non-hydrogen) atoms. The Balaban J connectivity index is 1.70. The Hall–Kier alpha value is -7.07. The van der Waals surface area contributed by atoms with Crippen LogP contribution >= 0.6 is 0 Å². The van der Waals surface area contributed by atoms with Crippen molar-refractivity contribution in [2.24, 2.45) is 0 Å². The second-order valence-electron chi connectivity index (χ2n) is 14.4. The molecule has 0 aliphatic heterocycles. The van der Waals surface area contributed by atoms with Crippen molar-refractivity contribution in [1.29, 1.82) is 0 Å². The molecular formula is C51H48O10. The van der Waals surface area contributed by atoms with Crippen molar-refractivity contribution in [1.82, 2.24) is 0 Å². The fourth-order valence-corrected chi connectivity index (χ4v) is 7.24. The number of benzene rings is 5. The molecule has 0 fully saturated rings. The van der Waals surface area contributed by atoms with Crippen LogP contribution in [0.4, 0.5) is 0 Å². The molecular weight excluding hydrogens is 773 g/mol. The first-order valence-electron chi connectivity index (χ1n) is 20.5. The molecule has 312 valence electrons. The minimum absolute atomic E-state index is 0.214. The molecule has 0 radical (unpaired) electrons. The van der Waals surface area contributed by atoms with Crippen LogP contribution in [0.3, 0.4) is 0 Å². The zero-order valence-corrected chi connectivity index (χ0v) is 35.2. The molecule has 5 aromatic rings. The predicted octanol–water partition coefficient (Wildman–Crippen LogP) is 10.8. The van der Waals surface area contributed by atoms with E-state index in [1.54, 1.807) is 95.3 Å². The summed E-state index contributed by atoms with van der Waals surface area (Å²) in [6, 6.07) is 36.8. The van der Waals surface area contributed by atoms with Gasteiger partial charge in [0.2, 0.25) is 0 Å². The van der Waals surface area contributed by atoms with Gasteiger partial charge in [0.15, 0.2) is 0 Å². The van der Waals surface area contributed by atoms with Crippen LogP contribution in [0.15, 0.2) is 121 Å². The van der Waals surface area contributed by atoms with E-state index in [2.05, 4.69) is 6.92 Å². The van der Waals surface area contributed by atoms with Crippen LogP contribution in [0, 0.1) is 0 Å². The smallest absolute Gasteiger partial charge is 0.310 e. The van der Waals surface area contributed by atoms with Gasteiger partial charge in [-0.3, -0.25) is 24.0 Å². The highest BCUT2D eigenvalue weighted by Crippen LogP contribution is 2.62. The topological polar surface area (TPSA) is 132 Å². The molecule has 0 N–H and O–H groups in total. The van der Waals surface area contributed by atoms with Crippen molar-refractivity contribution in [3.63, 3.8) is 0 Å². The number of carbonyl (C=O) groups is 5. The lowest BCUT2D eigenvalue weighted by Crippen LogP contribution is -2.24. The summed E-state index contributed by atoms with van der Waals surface area (Å²) in [5.74, 6) is 0.152. The molecule has 5 aromatic carbocycles. The quantitative estimate of drug-likeness (QED) is 0.0742. The third kappa shape index (κ3) is 9.71. The van der Waals surface area contributed by atoms with Crippen LogP contribution in [0.1, 0.15) is 101 Å². The van der Waals surface area contributed by atoms with Crippen molar-refractivity contribution in [3.8, 4) is 28.7 Å². The summed E-state index contributed by atoms with van der Waals surface area (Å²) < 4.78 is 28.0. The van der Waals surface area contributed by atoms with E-state index < -0.39 is 5.41 Å². The Bertz CT molecular complexity index is 2330. The Morgan fingerprint density at radius 3 is 0.787 bits per heavy atom. The Morgan fingerprint density at radius 1 is 0.344 bits per heavy atom. The highest BCUT2D eigenvalue weighted by Gasteiger charge is 2.46. The molecule has 0 aromatic heterocycles. The van der Waals surface area contributed by atoms with E-state index in [-0.39, 0.29) is 62.0 Å². The number of carbonyl (C=O) groups excluding carboxylic acids is 5. The van der Waals surface area contributed by atoms with Crippen molar-refractivity contribution < 1.29 is 47.7 Å². The van der Waals surface area contributed by atoms with Crippen LogP contribution in [0.2, 0.25) is 0 Å². The minimum atomic E-state index is -0.970. The largest absolute Gasteiger partial charge is 0.427 e. The van der Waals surface area contributed by atoms with E-state index in [9.17, 15) is 24.0 Å². The van der Waals surface area contributed by atoms with E-state index >= 15 is 0 Å². The Labute approximate surface area is 355 Å². The number of hydrogen-bond acceptors (Lipinski definition) is 10. The predicted molar refractivity (Wildman–Crippen MR) is 233 cm³/mol. The number of ether oxygens (including phenoxy) is 5. The number of rotatable bonds is 15. The highest BCUT2D eigenvalue weighted by atomic mass is 16.5. The fourth-order valence-electron chi connectivity index (χ4n) is 7.24. The molecule has 1 aliphatic rings. The summed E-state index contributed by atoms with van der Waals surface area (Å²) >= 11 is 0. The molecule has 6 rings (SSSR count). The molecule has 10 heteroatoms. The van der Waals surface area contributed by atoms with Gasteiger partial charge < -0.3 is 23.7 Å². The first kappa shape index (κ1) is 43.5. The van der Waals surface area contributed by atoms with Gasteiger partial charge >= 0.3 is 29.8 Å². The molecule has 0 heterocycles. The van der Waals surface area contributed by atoms with E-state index in [0.29, 0.717) is 28.7 Å². The van der Waals surface area contributed by atoms with E-state index in [0.717, 1.165) is 50.1 Å². The molecule has 10 nitrogen and oxygen atoms in total. The van der Waals surface area contributed by atoms with Crippen LogP contribution in [0.25, 0.3) is 22.3 Å². The Morgan fingerprint density at radius 2 is 0.557 bits per heavy atom. The van der Waals surface area contributed by atoms with Crippen LogP contribution in [0.5, 0.6) is 28.7 Å². The summed E-state index contributed by atoms with van der Waals surface area (Å²) in [5.41, 5.74) is 6.54. The maximum absolute atomic E-state index is 12.3. The monoisotopic (exact) mass is 820 g/mol. The van der Waals surface area contributed by atoms with Gasteiger partial charge in [-0.05, 0) is 118 Å². The van der Waals surface area contributed by atoms with Gasteiger partial charge in [0.05, 0.1) is 0 Å². The van der Waals surface area contributed by atoms with Gasteiger partial charge in [-0.25, -0.2) is 0 Å². The lowest BCUT2D eigenvalue weighted by molar-refractivity contribution is -0.134. The average Bonchev–Trinajstić information content (AvgIpc) is 3.56. The van der Waals surface area contributed by atoms with Crippen molar-refractivity contribution in [3.05, 3.63) is 149 Å². The van der Waals surface area contributed by atoms with Crippen LogP contribution in [-0.4, -0.2) is 29.8 Å².